The standard InChI is InChI=1S/C11H21NO3/c1-3-6-11(2,10(13)14)12-8-9-5-4-7-15-9/h9,12H,3-8H2,1-2H3,(H,13,14). The lowest BCUT2D eigenvalue weighted by Gasteiger charge is -2.27. The number of carboxylic acids is 1. The molecule has 1 aliphatic rings. The van der Waals surface area contributed by atoms with Gasteiger partial charge < -0.3 is 9.84 Å². The molecule has 1 heterocycles. The molecule has 0 aromatic rings. The van der Waals surface area contributed by atoms with Gasteiger partial charge in [0, 0.05) is 13.2 Å². The molecule has 4 heteroatoms. The van der Waals surface area contributed by atoms with Crippen LogP contribution in [0, 0.1) is 0 Å². The highest BCUT2D eigenvalue weighted by atomic mass is 16.5. The minimum atomic E-state index is -0.805. The highest BCUT2D eigenvalue weighted by Crippen LogP contribution is 2.15. The Balaban J connectivity index is 2.40. The first-order valence-corrected chi connectivity index (χ1v) is 5.68. The van der Waals surface area contributed by atoms with E-state index in [1.165, 1.54) is 0 Å². The fourth-order valence-corrected chi connectivity index (χ4v) is 1.92. The van der Waals surface area contributed by atoms with Gasteiger partial charge in [0.2, 0.25) is 0 Å². The van der Waals surface area contributed by atoms with Gasteiger partial charge in [0.1, 0.15) is 5.54 Å². The van der Waals surface area contributed by atoms with E-state index in [0.717, 1.165) is 25.9 Å². The minimum Gasteiger partial charge on any atom is -0.480 e. The zero-order valence-electron chi connectivity index (χ0n) is 9.58. The van der Waals surface area contributed by atoms with Crippen LogP contribution >= 0.6 is 0 Å². The molecule has 1 rings (SSSR count). The number of rotatable bonds is 6. The van der Waals surface area contributed by atoms with Crippen LogP contribution in [-0.2, 0) is 9.53 Å². The third-order valence-corrected chi connectivity index (χ3v) is 2.97. The van der Waals surface area contributed by atoms with Gasteiger partial charge in [0.05, 0.1) is 6.10 Å². The van der Waals surface area contributed by atoms with Crippen LogP contribution in [0.25, 0.3) is 0 Å². The lowest BCUT2D eigenvalue weighted by Crippen LogP contribution is -2.51. The van der Waals surface area contributed by atoms with E-state index in [0.29, 0.717) is 13.0 Å². The van der Waals surface area contributed by atoms with E-state index >= 15 is 0 Å². The number of carbonyl (C=O) groups is 1. The number of nitrogens with one attached hydrogen (secondary N) is 1. The second-order valence-corrected chi connectivity index (χ2v) is 4.40. The zero-order valence-corrected chi connectivity index (χ0v) is 9.58. The molecule has 0 radical (unpaired) electrons. The molecule has 88 valence electrons. The maximum Gasteiger partial charge on any atom is 0.323 e. The first-order chi connectivity index (χ1) is 7.08. The summed E-state index contributed by atoms with van der Waals surface area (Å²) in [5.74, 6) is -0.776. The molecular formula is C11H21NO3. The Hall–Kier alpha value is -0.610. The van der Waals surface area contributed by atoms with Crippen LogP contribution in [0.4, 0.5) is 0 Å². The summed E-state index contributed by atoms with van der Waals surface area (Å²) in [7, 11) is 0. The Bertz CT molecular complexity index is 214. The predicted octanol–water partition coefficient (Wildman–Crippen LogP) is 1.40. The molecule has 0 bridgehead atoms. The van der Waals surface area contributed by atoms with Crippen molar-refractivity contribution in [2.75, 3.05) is 13.2 Å². The first kappa shape index (κ1) is 12.5. The molecule has 1 saturated heterocycles. The topological polar surface area (TPSA) is 58.6 Å². The normalized spacial score (nSPS) is 25.1. The molecule has 0 aromatic heterocycles. The molecule has 0 saturated carbocycles. The first-order valence-electron chi connectivity index (χ1n) is 5.68. The van der Waals surface area contributed by atoms with Gasteiger partial charge in [-0.15, -0.1) is 0 Å². The zero-order chi connectivity index (χ0) is 11.3. The molecule has 2 unspecified atom stereocenters. The summed E-state index contributed by atoms with van der Waals surface area (Å²) >= 11 is 0. The van der Waals surface area contributed by atoms with Crippen molar-refractivity contribution < 1.29 is 14.6 Å². The van der Waals surface area contributed by atoms with E-state index in [2.05, 4.69) is 5.32 Å². The lowest BCUT2D eigenvalue weighted by atomic mass is 9.96. The number of carboxylic acid groups (broad SMARTS) is 1. The van der Waals surface area contributed by atoms with Crippen LogP contribution in [0.2, 0.25) is 0 Å². The van der Waals surface area contributed by atoms with Gasteiger partial charge in [-0.25, -0.2) is 0 Å². The Morgan fingerprint density at radius 1 is 1.67 bits per heavy atom. The van der Waals surface area contributed by atoms with Crippen molar-refractivity contribution in [1.82, 2.24) is 5.32 Å². The van der Waals surface area contributed by atoms with Gasteiger partial charge in [0.25, 0.3) is 0 Å². The van der Waals surface area contributed by atoms with Crippen molar-refractivity contribution in [3.8, 4) is 0 Å². The van der Waals surface area contributed by atoms with Crippen LogP contribution in [0.3, 0.4) is 0 Å². The monoisotopic (exact) mass is 215 g/mol. The van der Waals surface area contributed by atoms with Crippen LogP contribution in [0.5, 0.6) is 0 Å². The number of aliphatic carboxylic acids is 1. The highest BCUT2D eigenvalue weighted by molar-refractivity contribution is 5.78. The van der Waals surface area contributed by atoms with Gasteiger partial charge in [0.15, 0.2) is 0 Å². The minimum absolute atomic E-state index is 0.195. The number of hydrogen-bond acceptors (Lipinski definition) is 3. The summed E-state index contributed by atoms with van der Waals surface area (Å²) in [5.41, 5.74) is -0.805. The molecule has 15 heavy (non-hydrogen) atoms. The fourth-order valence-electron chi connectivity index (χ4n) is 1.92. The van der Waals surface area contributed by atoms with Gasteiger partial charge in [-0.2, -0.15) is 0 Å². The quantitative estimate of drug-likeness (QED) is 0.703. The summed E-state index contributed by atoms with van der Waals surface area (Å²) in [6, 6.07) is 0. The van der Waals surface area contributed by atoms with Crippen LogP contribution in [0.1, 0.15) is 39.5 Å². The molecule has 0 amide bonds. The van der Waals surface area contributed by atoms with Crippen molar-refractivity contribution in [2.45, 2.75) is 51.2 Å². The number of hydrogen-bond donors (Lipinski definition) is 2. The van der Waals surface area contributed by atoms with Crippen LogP contribution < -0.4 is 5.32 Å². The summed E-state index contributed by atoms with van der Waals surface area (Å²) in [6.07, 6.45) is 3.83. The summed E-state index contributed by atoms with van der Waals surface area (Å²) in [5, 5.41) is 12.2. The van der Waals surface area contributed by atoms with Crippen molar-refractivity contribution in [1.29, 1.82) is 0 Å². The predicted molar refractivity (Wildman–Crippen MR) is 57.9 cm³/mol. The van der Waals surface area contributed by atoms with Crippen molar-refractivity contribution in [3.63, 3.8) is 0 Å². The molecule has 0 aromatic carbocycles. The fraction of sp³-hybridized carbons (Fsp3) is 0.909. The van der Waals surface area contributed by atoms with Crippen molar-refractivity contribution in [2.24, 2.45) is 0 Å². The maximum atomic E-state index is 11.1. The molecule has 2 N–H and O–H groups in total. The second kappa shape index (κ2) is 5.47. The van der Waals surface area contributed by atoms with E-state index in [-0.39, 0.29) is 6.10 Å². The van der Waals surface area contributed by atoms with E-state index in [4.69, 9.17) is 9.84 Å². The Morgan fingerprint density at radius 2 is 2.40 bits per heavy atom. The molecule has 1 aliphatic heterocycles. The molecule has 0 aliphatic carbocycles. The molecule has 4 nitrogen and oxygen atoms in total. The van der Waals surface area contributed by atoms with Crippen molar-refractivity contribution >= 4 is 5.97 Å². The third kappa shape index (κ3) is 3.47. The van der Waals surface area contributed by atoms with E-state index in [9.17, 15) is 4.79 Å². The smallest absolute Gasteiger partial charge is 0.323 e. The Morgan fingerprint density at radius 3 is 2.87 bits per heavy atom. The van der Waals surface area contributed by atoms with Gasteiger partial charge in [-0.1, -0.05) is 13.3 Å². The average Bonchev–Trinajstić information content (AvgIpc) is 2.67. The van der Waals surface area contributed by atoms with Crippen LogP contribution in [0.15, 0.2) is 0 Å². The SMILES string of the molecule is CCCC(C)(NCC1CCCO1)C(=O)O. The Kier molecular flexibility index (Phi) is 4.54. The molecule has 0 spiro atoms. The molecular weight excluding hydrogens is 194 g/mol. The van der Waals surface area contributed by atoms with Gasteiger partial charge >= 0.3 is 5.97 Å². The largest absolute Gasteiger partial charge is 0.480 e. The molecule has 2 atom stereocenters. The number of ether oxygens (including phenoxy) is 1. The lowest BCUT2D eigenvalue weighted by molar-refractivity contribution is -0.144. The second-order valence-electron chi connectivity index (χ2n) is 4.40. The highest BCUT2D eigenvalue weighted by Gasteiger charge is 2.32. The summed E-state index contributed by atoms with van der Waals surface area (Å²) in [6.45, 7) is 5.19. The summed E-state index contributed by atoms with van der Waals surface area (Å²) < 4.78 is 5.45. The third-order valence-electron chi connectivity index (χ3n) is 2.97. The Labute approximate surface area is 91.0 Å². The van der Waals surface area contributed by atoms with E-state index < -0.39 is 11.5 Å². The van der Waals surface area contributed by atoms with Crippen molar-refractivity contribution in [3.05, 3.63) is 0 Å². The average molecular weight is 215 g/mol. The summed E-state index contributed by atoms with van der Waals surface area (Å²) in [4.78, 5) is 11.1. The molecule has 1 fully saturated rings. The van der Waals surface area contributed by atoms with E-state index in [1.54, 1.807) is 6.92 Å². The van der Waals surface area contributed by atoms with E-state index in [1.807, 2.05) is 6.92 Å². The van der Waals surface area contributed by atoms with Crippen LogP contribution in [-0.4, -0.2) is 35.9 Å². The van der Waals surface area contributed by atoms with Gasteiger partial charge in [-0.05, 0) is 26.2 Å². The van der Waals surface area contributed by atoms with Gasteiger partial charge in [-0.3, -0.25) is 10.1 Å². The maximum absolute atomic E-state index is 11.1.